The van der Waals surface area contributed by atoms with Gasteiger partial charge in [-0.25, -0.2) is 8.42 Å². The molecule has 0 bridgehead atoms. The van der Waals surface area contributed by atoms with Gasteiger partial charge in [-0.1, -0.05) is 25.0 Å². The van der Waals surface area contributed by atoms with Crippen molar-refractivity contribution in [1.82, 2.24) is 14.6 Å². The van der Waals surface area contributed by atoms with E-state index in [2.05, 4.69) is 10.3 Å². The molecule has 0 saturated carbocycles. The minimum absolute atomic E-state index is 0.182. The molecule has 1 aromatic heterocycles. The van der Waals surface area contributed by atoms with Crippen LogP contribution >= 0.6 is 0 Å². The van der Waals surface area contributed by atoms with Crippen LogP contribution in [0.15, 0.2) is 47.6 Å². The lowest BCUT2D eigenvalue weighted by atomic mass is 10.1. The van der Waals surface area contributed by atoms with Crippen LogP contribution in [0.3, 0.4) is 0 Å². The summed E-state index contributed by atoms with van der Waals surface area (Å²) in [5.74, 6) is -0.288. The number of hydrogen-bond donors (Lipinski definition) is 1. The van der Waals surface area contributed by atoms with Gasteiger partial charge in [0.05, 0.1) is 4.90 Å². The molecule has 1 fully saturated rings. The standard InChI is InChI=1S/C20H25N3O3S/c1-16-8-9-18(27(25,26)23-11-4-2-3-5-12-23)13-19(16)20(24)22-15-17-7-6-10-21-14-17/h6-10,13-14H,2-5,11-12,15H2,1H3,(H,22,24). The van der Waals surface area contributed by atoms with Crippen LogP contribution in [0.1, 0.15) is 47.2 Å². The third-order valence-corrected chi connectivity index (χ3v) is 6.73. The molecule has 1 aliphatic heterocycles. The zero-order valence-electron chi connectivity index (χ0n) is 15.5. The van der Waals surface area contributed by atoms with Gasteiger partial charge in [0.2, 0.25) is 10.0 Å². The third kappa shape index (κ3) is 4.73. The number of benzene rings is 1. The Balaban J connectivity index is 1.79. The predicted octanol–water partition coefficient (Wildman–Crippen LogP) is 2.88. The molecule has 1 N–H and O–H groups in total. The van der Waals surface area contributed by atoms with Crippen LogP contribution in [-0.2, 0) is 16.6 Å². The van der Waals surface area contributed by atoms with Crippen molar-refractivity contribution in [2.75, 3.05) is 13.1 Å². The lowest BCUT2D eigenvalue weighted by Gasteiger charge is -2.20. The number of sulfonamides is 1. The summed E-state index contributed by atoms with van der Waals surface area (Å²) in [6, 6.07) is 8.47. The van der Waals surface area contributed by atoms with Gasteiger partial charge in [-0.2, -0.15) is 4.31 Å². The van der Waals surface area contributed by atoms with E-state index in [0.29, 0.717) is 25.2 Å². The SMILES string of the molecule is Cc1ccc(S(=O)(=O)N2CCCCCC2)cc1C(=O)NCc1cccnc1. The molecule has 7 heteroatoms. The summed E-state index contributed by atoms with van der Waals surface area (Å²) in [4.78, 5) is 16.8. The van der Waals surface area contributed by atoms with Gasteiger partial charge >= 0.3 is 0 Å². The fourth-order valence-corrected chi connectivity index (χ4v) is 4.76. The highest BCUT2D eigenvalue weighted by molar-refractivity contribution is 7.89. The number of carbonyl (C=O) groups excluding carboxylic acids is 1. The molecule has 0 aliphatic carbocycles. The van der Waals surface area contributed by atoms with Crippen LogP contribution in [0.2, 0.25) is 0 Å². The highest BCUT2D eigenvalue weighted by Gasteiger charge is 2.26. The van der Waals surface area contributed by atoms with Gasteiger partial charge in [-0.05, 0) is 49.1 Å². The second-order valence-electron chi connectivity index (χ2n) is 6.84. The number of hydrogen-bond acceptors (Lipinski definition) is 4. The topological polar surface area (TPSA) is 79.4 Å². The molecular weight excluding hydrogens is 362 g/mol. The molecule has 144 valence electrons. The Morgan fingerprint density at radius 3 is 2.56 bits per heavy atom. The molecule has 0 radical (unpaired) electrons. The highest BCUT2D eigenvalue weighted by Crippen LogP contribution is 2.22. The fraction of sp³-hybridized carbons (Fsp3) is 0.400. The fourth-order valence-electron chi connectivity index (χ4n) is 3.22. The van der Waals surface area contributed by atoms with Gasteiger partial charge in [0.15, 0.2) is 0 Å². The first-order chi connectivity index (χ1) is 13.0. The van der Waals surface area contributed by atoms with Crippen molar-refractivity contribution in [3.63, 3.8) is 0 Å². The average Bonchev–Trinajstić information content (AvgIpc) is 2.97. The molecule has 27 heavy (non-hydrogen) atoms. The van der Waals surface area contributed by atoms with Crippen molar-refractivity contribution < 1.29 is 13.2 Å². The number of aromatic nitrogens is 1. The summed E-state index contributed by atoms with van der Waals surface area (Å²) in [5.41, 5.74) is 2.01. The predicted molar refractivity (Wildman–Crippen MR) is 104 cm³/mol. The van der Waals surface area contributed by atoms with Gasteiger partial charge in [0, 0.05) is 37.6 Å². The number of carbonyl (C=O) groups is 1. The summed E-state index contributed by atoms with van der Waals surface area (Å²) < 4.78 is 27.5. The van der Waals surface area contributed by atoms with E-state index < -0.39 is 10.0 Å². The second kappa shape index (κ2) is 8.63. The molecule has 0 atom stereocenters. The largest absolute Gasteiger partial charge is 0.348 e. The van der Waals surface area contributed by atoms with E-state index in [1.807, 2.05) is 6.07 Å². The van der Waals surface area contributed by atoms with E-state index in [-0.39, 0.29) is 10.8 Å². The van der Waals surface area contributed by atoms with Gasteiger partial charge in [0.1, 0.15) is 0 Å². The molecule has 1 amide bonds. The van der Waals surface area contributed by atoms with E-state index in [4.69, 9.17) is 0 Å². The maximum absolute atomic E-state index is 13.0. The molecule has 1 aromatic carbocycles. The van der Waals surface area contributed by atoms with Crippen molar-refractivity contribution in [3.05, 3.63) is 59.4 Å². The molecule has 1 aliphatic rings. The molecule has 6 nitrogen and oxygen atoms in total. The third-order valence-electron chi connectivity index (χ3n) is 4.83. The van der Waals surface area contributed by atoms with Crippen LogP contribution < -0.4 is 5.32 Å². The van der Waals surface area contributed by atoms with Crippen molar-refractivity contribution in [2.45, 2.75) is 44.0 Å². The molecule has 1 saturated heterocycles. The number of nitrogens with zero attached hydrogens (tertiary/aromatic N) is 2. The highest BCUT2D eigenvalue weighted by atomic mass is 32.2. The first kappa shape index (κ1) is 19.5. The van der Waals surface area contributed by atoms with E-state index in [9.17, 15) is 13.2 Å². The molecule has 0 unspecified atom stereocenters. The maximum atomic E-state index is 13.0. The van der Waals surface area contributed by atoms with E-state index in [1.54, 1.807) is 41.8 Å². The van der Waals surface area contributed by atoms with Crippen molar-refractivity contribution >= 4 is 15.9 Å². The lowest BCUT2D eigenvalue weighted by molar-refractivity contribution is 0.0950. The number of rotatable bonds is 5. The second-order valence-corrected chi connectivity index (χ2v) is 8.78. The van der Waals surface area contributed by atoms with Crippen molar-refractivity contribution in [2.24, 2.45) is 0 Å². The first-order valence-electron chi connectivity index (χ1n) is 9.26. The Morgan fingerprint density at radius 2 is 1.89 bits per heavy atom. The maximum Gasteiger partial charge on any atom is 0.251 e. The normalized spacial score (nSPS) is 15.9. The van der Waals surface area contributed by atoms with Gasteiger partial charge in [0.25, 0.3) is 5.91 Å². The summed E-state index contributed by atoms with van der Waals surface area (Å²) in [7, 11) is -3.58. The van der Waals surface area contributed by atoms with Crippen molar-refractivity contribution in [3.8, 4) is 0 Å². The Labute approximate surface area is 160 Å². The van der Waals surface area contributed by atoms with E-state index >= 15 is 0 Å². The number of aryl methyl sites for hydroxylation is 1. The zero-order valence-corrected chi connectivity index (χ0v) is 16.3. The van der Waals surface area contributed by atoms with Crippen LogP contribution in [0.4, 0.5) is 0 Å². The lowest BCUT2D eigenvalue weighted by Crippen LogP contribution is -2.32. The monoisotopic (exact) mass is 387 g/mol. The molecule has 3 rings (SSSR count). The Bertz CT molecular complexity index is 890. The Hall–Kier alpha value is -2.25. The first-order valence-corrected chi connectivity index (χ1v) is 10.7. The van der Waals surface area contributed by atoms with E-state index in [1.165, 1.54) is 6.07 Å². The van der Waals surface area contributed by atoms with E-state index in [0.717, 1.165) is 36.8 Å². The number of pyridine rings is 1. The van der Waals surface area contributed by atoms with Gasteiger partial charge < -0.3 is 5.32 Å². The smallest absolute Gasteiger partial charge is 0.251 e. The average molecular weight is 388 g/mol. The van der Waals surface area contributed by atoms with Crippen LogP contribution in [0.5, 0.6) is 0 Å². The molecular formula is C20H25N3O3S. The number of amides is 1. The van der Waals surface area contributed by atoms with Crippen LogP contribution in [0.25, 0.3) is 0 Å². The number of nitrogens with one attached hydrogen (secondary N) is 1. The summed E-state index contributed by atoms with van der Waals surface area (Å²) in [6.45, 7) is 3.23. The summed E-state index contributed by atoms with van der Waals surface area (Å²) in [6.07, 6.45) is 7.23. The van der Waals surface area contributed by atoms with Gasteiger partial charge in [-0.3, -0.25) is 9.78 Å². The Morgan fingerprint density at radius 1 is 1.15 bits per heavy atom. The van der Waals surface area contributed by atoms with Crippen LogP contribution in [-0.4, -0.2) is 36.7 Å². The zero-order chi connectivity index (χ0) is 19.3. The quantitative estimate of drug-likeness (QED) is 0.856. The summed E-state index contributed by atoms with van der Waals surface area (Å²) in [5, 5.41) is 2.84. The molecule has 2 aromatic rings. The van der Waals surface area contributed by atoms with Crippen LogP contribution in [0, 0.1) is 6.92 Å². The minimum Gasteiger partial charge on any atom is -0.348 e. The minimum atomic E-state index is -3.58. The molecule has 0 spiro atoms. The van der Waals surface area contributed by atoms with Gasteiger partial charge in [-0.15, -0.1) is 0 Å². The molecule has 2 heterocycles. The summed E-state index contributed by atoms with van der Waals surface area (Å²) >= 11 is 0. The van der Waals surface area contributed by atoms with Crippen molar-refractivity contribution in [1.29, 1.82) is 0 Å². The Kier molecular flexibility index (Phi) is 6.23.